The molecule has 0 spiro atoms. The molecule has 2 aromatic heterocycles. The molecule has 66 heavy (non-hydrogen) atoms. The lowest BCUT2D eigenvalue weighted by molar-refractivity contribution is -0.137. The number of phosphoric acid groups is 3. The summed E-state index contributed by atoms with van der Waals surface area (Å²) in [5.41, 5.74) is 4.26. The van der Waals surface area contributed by atoms with Crippen LogP contribution in [-0.4, -0.2) is 134 Å². The van der Waals surface area contributed by atoms with Gasteiger partial charge in [0, 0.05) is 37.1 Å². The molecule has 8 atom stereocenters. The van der Waals surface area contributed by atoms with Crippen molar-refractivity contribution in [2.75, 3.05) is 37.8 Å². The van der Waals surface area contributed by atoms with Crippen LogP contribution in [0.5, 0.6) is 0 Å². The van der Waals surface area contributed by atoms with Crippen molar-refractivity contribution in [3.05, 3.63) is 24.8 Å². The molecule has 3 rings (SSSR count). The SMILES string of the molecule is CCCCCCC(O)/C=C/CCCCCCC(=O)SCCNC(=O)CCNC(=O)C(O)C(C)(C)COP(=O)(O)OP(=O)(O)OCC1OC(n2cnc3c(N)ncnc32)C(O)C1OP(=O)(O)O. The molecule has 11 N–H and O–H groups in total. The van der Waals surface area contributed by atoms with Crippen LogP contribution in [0.3, 0.4) is 0 Å². The number of imidazole rings is 1. The average Bonchev–Trinajstić information content (AvgIpc) is 3.80. The first-order valence-electron chi connectivity index (χ1n) is 21.3. The molecule has 8 unspecified atom stereocenters. The molecular formula is C37H64N7O18P3S. The van der Waals surface area contributed by atoms with Crippen molar-refractivity contribution in [2.45, 2.75) is 135 Å². The molecule has 25 nitrogen and oxygen atoms in total. The van der Waals surface area contributed by atoms with Crippen LogP contribution in [0.4, 0.5) is 5.82 Å². The van der Waals surface area contributed by atoms with Crippen molar-refractivity contribution in [1.82, 2.24) is 30.2 Å². The lowest BCUT2D eigenvalue weighted by Gasteiger charge is -2.30. The van der Waals surface area contributed by atoms with Crippen molar-refractivity contribution in [2.24, 2.45) is 5.41 Å². The van der Waals surface area contributed by atoms with E-state index in [2.05, 4.69) is 41.3 Å². The third-order valence-electron chi connectivity index (χ3n) is 9.98. The molecule has 29 heteroatoms. The van der Waals surface area contributed by atoms with Gasteiger partial charge in [-0.05, 0) is 25.7 Å². The van der Waals surface area contributed by atoms with Crippen molar-refractivity contribution < 1.29 is 85.6 Å². The number of carbonyl (C=O) groups excluding carboxylic acids is 3. The molecule has 0 aromatic carbocycles. The Balaban J connectivity index is 1.33. The molecule has 0 radical (unpaired) electrons. The summed E-state index contributed by atoms with van der Waals surface area (Å²) in [6.45, 7) is 2.65. The molecule has 1 aliphatic rings. The van der Waals surface area contributed by atoms with Crippen LogP contribution >= 0.6 is 35.2 Å². The largest absolute Gasteiger partial charge is 0.481 e. The van der Waals surface area contributed by atoms with E-state index in [1.807, 2.05) is 12.2 Å². The lowest BCUT2D eigenvalue weighted by Crippen LogP contribution is -2.46. The first-order chi connectivity index (χ1) is 30.9. The van der Waals surface area contributed by atoms with Gasteiger partial charge in [-0.25, -0.2) is 28.6 Å². The van der Waals surface area contributed by atoms with Gasteiger partial charge in [0.25, 0.3) is 0 Å². The number of nitrogens with two attached hydrogens (primary N) is 1. The summed E-state index contributed by atoms with van der Waals surface area (Å²) in [4.78, 5) is 88.3. The molecule has 1 aliphatic heterocycles. The zero-order valence-electron chi connectivity index (χ0n) is 37.0. The van der Waals surface area contributed by atoms with Crippen molar-refractivity contribution in [3.8, 4) is 0 Å². The maximum atomic E-state index is 12.7. The smallest absolute Gasteiger partial charge is 0.389 e. The van der Waals surface area contributed by atoms with E-state index in [-0.39, 0.29) is 47.7 Å². The number of aliphatic hydroxyl groups excluding tert-OH is 3. The third kappa shape index (κ3) is 20.5. The van der Waals surface area contributed by atoms with E-state index in [9.17, 15) is 63.0 Å². The number of aromatic nitrogens is 4. The third-order valence-corrected chi connectivity index (χ3v) is 14.0. The van der Waals surface area contributed by atoms with Crippen LogP contribution in [-0.2, 0) is 50.7 Å². The van der Waals surface area contributed by atoms with Gasteiger partial charge in [0.05, 0.1) is 25.6 Å². The number of nitrogen functional groups attached to an aromatic ring is 1. The standard InChI is InChI=1S/C37H64N7O18P3S/c1-4-5-6-11-14-25(45)15-12-9-7-8-10-13-16-28(47)66-20-19-39-27(46)17-18-40-35(50)32(49)37(2,3)22-59-65(56,57)62-64(54,55)58-21-26-31(61-63(51,52)53)30(48)36(60-26)44-24-43-29-33(38)41-23-42-34(29)44/h12,15,23-26,30-32,36,45,48-49H,4-11,13-14,16-22H2,1-3H3,(H,39,46)(H,40,50)(H,54,55)(H,56,57)(H2,38,41,42)(H2,51,52,53)/b15-12+. The van der Waals surface area contributed by atoms with Gasteiger partial charge in [-0.1, -0.05) is 83.2 Å². The molecule has 1 saturated heterocycles. The minimum Gasteiger partial charge on any atom is -0.389 e. The molecule has 0 saturated carbocycles. The van der Waals surface area contributed by atoms with Crippen molar-refractivity contribution >= 4 is 69.1 Å². The predicted molar refractivity (Wildman–Crippen MR) is 239 cm³/mol. The summed E-state index contributed by atoms with van der Waals surface area (Å²) >= 11 is 1.12. The number of amides is 2. The monoisotopic (exact) mass is 1020 g/mol. The summed E-state index contributed by atoms with van der Waals surface area (Å²) in [5.74, 6) is -1.09. The zero-order chi connectivity index (χ0) is 49.1. The van der Waals surface area contributed by atoms with E-state index in [4.69, 9.17) is 19.5 Å². The van der Waals surface area contributed by atoms with Gasteiger partial charge >= 0.3 is 23.5 Å². The number of fused-ring (bicyclic) bond motifs is 1. The highest BCUT2D eigenvalue weighted by Gasteiger charge is 2.50. The Kier molecular flexibility index (Phi) is 23.9. The Morgan fingerprint density at radius 2 is 1.65 bits per heavy atom. The summed E-state index contributed by atoms with van der Waals surface area (Å²) in [7, 11) is -16.4. The normalized spacial score (nSPS) is 20.8. The van der Waals surface area contributed by atoms with E-state index in [0.29, 0.717) is 12.2 Å². The summed E-state index contributed by atoms with van der Waals surface area (Å²) in [5, 5.41) is 36.5. The second-order valence-electron chi connectivity index (χ2n) is 16.1. The summed E-state index contributed by atoms with van der Waals surface area (Å²) < 4.78 is 62.4. The van der Waals surface area contributed by atoms with Gasteiger partial charge in [-0.3, -0.25) is 32.5 Å². The minimum atomic E-state index is -5.58. The van der Waals surface area contributed by atoms with Crippen LogP contribution in [0.25, 0.3) is 11.2 Å². The van der Waals surface area contributed by atoms with Crippen LogP contribution in [0.2, 0.25) is 0 Å². The van der Waals surface area contributed by atoms with Gasteiger partial charge in [0.2, 0.25) is 11.8 Å². The van der Waals surface area contributed by atoms with Crippen LogP contribution in [0.1, 0.15) is 104 Å². The van der Waals surface area contributed by atoms with E-state index in [1.165, 1.54) is 20.3 Å². The van der Waals surface area contributed by atoms with Crippen molar-refractivity contribution in [1.29, 1.82) is 0 Å². The number of aliphatic hydroxyl groups is 3. The molecular weight excluding hydrogens is 955 g/mol. The number of ether oxygens (including phenoxy) is 1. The van der Waals surface area contributed by atoms with Gasteiger partial charge in [-0.15, -0.1) is 0 Å². The van der Waals surface area contributed by atoms with E-state index >= 15 is 0 Å². The molecule has 0 bridgehead atoms. The number of thioether (sulfide) groups is 1. The molecule has 0 aliphatic carbocycles. The Labute approximate surface area is 386 Å². The topological polar surface area (TPSA) is 384 Å². The van der Waals surface area contributed by atoms with Crippen LogP contribution in [0.15, 0.2) is 24.8 Å². The first-order valence-corrected chi connectivity index (χ1v) is 26.8. The number of nitrogens with one attached hydrogen (secondary N) is 2. The number of hydrogen-bond donors (Lipinski definition) is 10. The highest BCUT2D eigenvalue weighted by Crippen LogP contribution is 2.61. The fraction of sp³-hybridized carbons (Fsp3) is 0.730. The molecule has 376 valence electrons. The Morgan fingerprint density at radius 1 is 0.955 bits per heavy atom. The number of phosphoric ester groups is 3. The van der Waals surface area contributed by atoms with Gasteiger partial charge in [-0.2, -0.15) is 4.31 Å². The molecule has 2 amide bonds. The van der Waals surface area contributed by atoms with E-state index in [0.717, 1.165) is 86.8 Å². The number of anilines is 1. The maximum absolute atomic E-state index is 12.7. The van der Waals surface area contributed by atoms with E-state index < -0.39 is 84.6 Å². The summed E-state index contributed by atoms with van der Waals surface area (Å²) in [6.07, 6.45) is 6.82. The molecule has 1 fully saturated rings. The number of hydrogen-bond acceptors (Lipinski definition) is 19. The molecule has 3 heterocycles. The van der Waals surface area contributed by atoms with Gasteiger partial charge < -0.3 is 56.0 Å². The van der Waals surface area contributed by atoms with Crippen molar-refractivity contribution in [3.63, 3.8) is 0 Å². The zero-order valence-corrected chi connectivity index (χ0v) is 40.5. The fourth-order valence-electron chi connectivity index (χ4n) is 6.38. The number of nitrogens with zero attached hydrogens (tertiary/aromatic N) is 4. The van der Waals surface area contributed by atoms with Gasteiger partial charge in [0.1, 0.15) is 36.3 Å². The highest BCUT2D eigenvalue weighted by atomic mass is 32.2. The second-order valence-corrected chi connectivity index (χ2v) is 21.5. The summed E-state index contributed by atoms with van der Waals surface area (Å²) in [6, 6.07) is 0. The average molecular weight is 1020 g/mol. The Morgan fingerprint density at radius 3 is 2.36 bits per heavy atom. The number of rotatable bonds is 32. The van der Waals surface area contributed by atoms with Crippen LogP contribution < -0.4 is 16.4 Å². The molecule has 2 aromatic rings. The lowest BCUT2D eigenvalue weighted by atomic mass is 9.87. The van der Waals surface area contributed by atoms with Gasteiger partial charge in [0.15, 0.2) is 22.8 Å². The quantitative estimate of drug-likeness (QED) is 0.0286. The highest BCUT2D eigenvalue weighted by molar-refractivity contribution is 8.13. The predicted octanol–water partition coefficient (Wildman–Crippen LogP) is 2.89. The number of allylic oxidation sites excluding steroid dienone is 1. The Hall–Kier alpha value is -2.74. The van der Waals surface area contributed by atoms with Crippen LogP contribution in [0, 0.1) is 5.41 Å². The number of unbranched alkanes of at least 4 members (excludes halogenated alkanes) is 7. The maximum Gasteiger partial charge on any atom is 0.481 e. The van der Waals surface area contributed by atoms with E-state index in [1.54, 1.807) is 0 Å². The first kappa shape index (κ1) is 57.6. The Bertz CT molecular complexity index is 2040. The number of carbonyl (C=O) groups is 3. The fourth-order valence-corrected chi connectivity index (χ4v) is 9.93. The minimum absolute atomic E-state index is 0.0206. The second kappa shape index (κ2) is 27.4.